The molecule has 0 radical (unpaired) electrons. The molecule has 46 heavy (non-hydrogen) atoms. The molecule has 4 aromatic rings. The first-order valence-electron chi connectivity index (χ1n) is 14.8. The molecule has 242 valence electrons. The minimum Gasteiger partial charge on any atom is -0.497 e. The van der Waals surface area contributed by atoms with E-state index < -0.39 is 28.5 Å². The summed E-state index contributed by atoms with van der Waals surface area (Å²) >= 11 is 6.31. The molecule has 1 atom stereocenters. The molecule has 0 aromatic heterocycles. The number of carbonyl (C=O) groups excluding carboxylic acids is 2. The maximum Gasteiger partial charge on any atom is 0.264 e. The molecule has 4 rings (SSSR count). The highest BCUT2D eigenvalue weighted by Gasteiger charge is 2.35. The number of hydrogen-bond donors (Lipinski definition) is 1. The van der Waals surface area contributed by atoms with Gasteiger partial charge >= 0.3 is 0 Å². The molecule has 0 aliphatic rings. The monoisotopic (exact) mass is 663 g/mol. The highest BCUT2D eigenvalue weighted by atomic mass is 35.5. The Morgan fingerprint density at radius 1 is 0.848 bits per heavy atom. The van der Waals surface area contributed by atoms with Crippen LogP contribution in [0.25, 0.3) is 0 Å². The summed E-state index contributed by atoms with van der Waals surface area (Å²) in [5, 5.41) is 3.40. The lowest BCUT2D eigenvalue weighted by Crippen LogP contribution is -2.53. The van der Waals surface area contributed by atoms with Crippen molar-refractivity contribution in [1.82, 2.24) is 10.2 Å². The smallest absolute Gasteiger partial charge is 0.264 e. The average molecular weight is 664 g/mol. The van der Waals surface area contributed by atoms with Gasteiger partial charge < -0.3 is 19.7 Å². The van der Waals surface area contributed by atoms with E-state index in [0.717, 1.165) is 9.87 Å². The summed E-state index contributed by atoms with van der Waals surface area (Å²) < 4.78 is 40.5. The molecule has 0 aliphatic heterocycles. The van der Waals surface area contributed by atoms with Gasteiger partial charge in [-0.2, -0.15) is 0 Å². The van der Waals surface area contributed by atoms with E-state index in [1.165, 1.54) is 37.3 Å². The van der Waals surface area contributed by atoms with Crippen LogP contribution in [0.1, 0.15) is 24.5 Å². The number of nitrogens with zero attached hydrogens (tertiary/aromatic N) is 2. The molecule has 0 bridgehead atoms. The second kappa shape index (κ2) is 16.1. The molecular formula is C35H38ClN3O6S. The SMILES string of the molecule is CCCNC(=O)[C@@H](Cc1ccccc1)N(Cc1cccc(Cl)c1)C(=O)CN(c1cc(OC)ccc1OC)S(=O)(=O)c1ccccc1. The third-order valence-electron chi connectivity index (χ3n) is 7.33. The van der Waals surface area contributed by atoms with Crippen LogP contribution >= 0.6 is 11.6 Å². The van der Waals surface area contributed by atoms with Crippen LogP contribution in [0.4, 0.5) is 5.69 Å². The first-order valence-corrected chi connectivity index (χ1v) is 16.6. The van der Waals surface area contributed by atoms with E-state index in [2.05, 4.69) is 5.32 Å². The summed E-state index contributed by atoms with van der Waals surface area (Å²) in [6, 6.07) is 28.0. The van der Waals surface area contributed by atoms with E-state index >= 15 is 0 Å². The molecule has 0 aliphatic carbocycles. The Kier molecular flexibility index (Phi) is 12.1. The number of amides is 2. The number of sulfonamides is 1. The van der Waals surface area contributed by atoms with Crippen LogP contribution in [0.15, 0.2) is 108 Å². The normalized spacial score (nSPS) is 11.7. The summed E-state index contributed by atoms with van der Waals surface area (Å²) in [6.45, 7) is 1.73. The van der Waals surface area contributed by atoms with E-state index in [-0.39, 0.29) is 35.2 Å². The van der Waals surface area contributed by atoms with Gasteiger partial charge in [-0.25, -0.2) is 8.42 Å². The number of ether oxygens (including phenoxy) is 2. The lowest BCUT2D eigenvalue weighted by Gasteiger charge is -2.34. The Morgan fingerprint density at radius 2 is 1.52 bits per heavy atom. The standard InChI is InChI=1S/C35H38ClN3O6S/c1-4-20-37-35(41)32(22-26-12-7-5-8-13-26)38(24-27-14-11-15-28(36)21-27)34(40)25-39(46(42,43)30-16-9-6-10-17-30)31-23-29(44-2)18-19-33(31)45-3/h5-19,21,23,32H,4,20,22,24-25H2,1-3H3,(H,37,41)/t32-/m1/s1. The van der Waals surface area contributed by atoms with Crippen molar-refractivity contribution in [3.8, 4) is 11.5 Å². The molecule has 11 heteroatoms. The van der Waals surface area contributed by atoms with Crippen LogP contribution in [0.5, 0.6) is 11.5 Å². The third kappa shape index (κ3) is 8.58. The lowest BCUT2D eigenvalue weighted by molar-refractivity contribution is -0.140. The van der Waals surface area contributed by atoms with Crippen molar-refractivity contribution in [1.29, 1.82) is 0 Å². The molecule has 0 fully saturated rings. The van der Waals surface area contributed by atoms with Crippen molar-refractivity contribution in [2.75, 3.05) is 31.6 Å². The van der Waals surface area contributed by atoms with Gasteiger partial charge in [0.2, 0.25) is 11.8 Å². The van der Waals surface area contributed by atoms with Gasteiger partial charge in [-0.3, -0.25) is 13.9 Å². The molecule has 2 amide bonds. The zero-order valence-corrected chi connectivity index (χ0v) is 27.6. The largest absolute Gasteiger partial charge is 0.497 e. The number of nitrogens with one attached hydrogen (secondary N) is 1. The number of methoxy groups -OCH3 is 2. The molecule has 4 aromatic carbocycles. The number of anilines is 1. The van der Waals surface area contributed by atoms with Crippen molar-refractivity contribution in [3.05, 3.63) is 119 Å². The van der Waals surface area contributed by atoms with Crippen LogP contribution in [0, 0.1) is 0 Å². The van der Waals surface area contributed by atoms with Crippen LogP contribution in [-0.4, -0.2) is 58.5 Å². The Labute approximate surface area is 275 Å². The fourth-order valence-corrected chi connectivity index (χ4v) is 6.63. The van der Waals surface area contributed by atoms with Crippen molar-refractivity contribution >= 4 is 39.1 Å². The second-order valence-electron chi connectivity index (χ2n) is 10.5. The lowest BCUT2D eigenvalue weighted by atomic mass is 10.0. The fourth-order valence-electron chi connectivity index (χ4n) is 4.98. The molecular weight excluding hydrogens is 626 g/mol. The second-order valence-corrected chi connectivity index (χ2v) is 12.8. The minimum atomic E-state index is -4.31. The number of halogens is 1. The first-order chi connectivity index (χ1) is 22.2. The van der Waals surface area contributed by atoms with E-state index in [1.807, 2.05) is 37.3 Å². The number of benzene rings is 4. The molecule has 0 saturated heterocycles. The topological polar surface area (TPSA) is 105 Å². The minimum absolute atomic E-state index is 0.00487. The Balaban J connectivity index is 1.85. The maximum absolute atomic E-state index is 14.6. The van der Waals surface area contributed by atoms with Gasteiger partial charge in [0, 0.05) is 30.6 Å². The molecule has 0 heterocycles. The van der Waals surface area contributed by atoms with E-state index in [9.17, 15) is 18.0 Å². The maximum atomic E-state index is 14.6. The average Bonchev–Trinajstić information content (AvgIpc) is 3.08. The van der Waals surface area contributed by atoms with Crippen LogP contribution in [-0.2, 0) is 32.6 Å². The highest BCUT2D eigenvalue weighted by molar-refractivity contribution is 7.92. The predicted molar refractivity (Wildman–Crippen MR) is 180 cm³/mol. The third-order valence-corrected chi connectivity index (χ3v) is 9.34. The van der Waals surface area contributed by atoms with Crippen LogP contribution in [0.2, 0.25) is 5.02 Å². The molecule has 0 saturated carbocycles. The van der Waals surface area contributed by atoms with Crippen LogP contribution in [0.3, 0.4) is 0 Å². The summed E-state index contributed by atoms with van der Waals surface area (Å²) in [5.41, 5.74) is 1.63. The number of carbonyl (C=O) groups is 2. The molecule has 9 nitrogen and oxygen atoms in total. The van der Waals surface area contributed by atoms with Crippen LogP contribution < -0.4 is 19.1 Å². The van der Waals surface area contributed by atoms with Crippen molar-refractivity contribution in [2.24, 2.45) is 0 Å². The summed E-state index contributed by atoms with van der Waals surface area (Å²) in [6.07, 6.45) is 0.904. The van der Waals surface area contributed by atoms with E-state index in [1.54, 1.807) is 54.6 Å². The van der Waals surface area contributed by atoms with Gasteiger partial charge in [0.1, 0.15) is 24.1 Å². The van der Waals surface area contributed by atoms with Gasteiger partial charge in [-0.05, 0) is 53.9 Å². The first kappa shape index (κ1) is 34.3. The van der Waals surface area contributed by atoms with Gasteiger partial charge in [0.05, 0.1) is 24.8 Å². The number of hydrogen-bond acceptors (Lipinski definition) is 6. The van der Waals surface area contributed by atoms with E-state index in [4.69, 9.17) is 21.1 Å². The van der Waals surface area contributed by atoms with Gasteiger partial charge in [0.15, 0.2) is 0 Å². The molecule has 1 N–H and O–H groups in total. The number of rotatable bonds is 15. The van der Waals surface area contributed by atoms with Gasteiger partial charge in [-0.1, -0.05) is 79.2 Å². The molecule has 0 spiro atoms. The molecule has 0 unspecified atom stereocenters. The Hall–Kier alpha value is -4.54. The zero-order valence-electron chi connectivity index (χ0n) is 26.1. The highest BCUT2D eigenvalue weighted by Crippen LogP contribution is 2.36. The Bertz CT molecular complexity index is 1720. The summed E-state index contributed by atoms with van der Waals surface area (Å²) in [7, 11) is -1.43. The quantitative estimate of drug-likeness (QED) is 0.175. The van der Waals surface area contributed by atoms with Crippen molar-refractivity contribution < 1.29 is 27.5 Å². The zero-order chi connectivity index (χ0) is 33.1. The summed E-state index contributed by atoms with van der Waals surface area (Å²) in [4.78, 5) is 29.8. The van der Waals surface area contributed by atoms with E-state index in [0.29, 0.717) is 29.3 Å². The summed E-state index contributed by atoms with van der Waals surface area (Å²) in [5.74, 6) is -0.362. The predicted octanol–water partition coefficient (Wildman–Crippen LogP) is 5.72. The Morgan fingerprint density at radius 3 is 2.15 bits per heavy atom. The van der Waals surface area contributed by atoms with Crippen molar-refractivity contribution in [2.45, 2.75) is 37.2 Å². The fraction of sp³-hybridized carbons (Fsp3) is 0.257. The van der Waals surface area contributed by atoms with Gasteiger partial charge in [-0.15, -0.1) is 0 Å². The van der Waals surface area contributed by atoms with Crippen molar-refractivity contribution in [3.63, 3.8) is 0 Å². The van der Waals surface area contributed by atoms with Gasteiger partial charge in [0.25, 0.3) is 10.0 Å².